The van der Waals surface area contributed by atoms with Crippen molar-refractivity contribution in [2.45, 2.75) is 24.5 Å². The molecular formula is C14H28N4NaO6+. The van der Waals surface area contributed by atoms with E-state index in [9.17, 15) is 15.0 Å². The number of nitrogen functional groups attached to an aromatic ring is 1. The number of quaternary nitrogens is 1. The molecule has 0 saturated carbocycles. The van der Waals surface area contributed by atoms with Gasteiger partial charge in [-0.25, -0.2) is 4.79 Å². The first-order valence-corrected chi connectivity index (χ1v) is 7.49. The van der Waals surface area contributed by atoms with Crippen LogP contribution in [0, 0.1) is 0 Å². The summed E-state index contributed by atoms with van der Waals surface area (Å²) in [7, 11) is 6.16. The second-order valence-electron chi connectivity index (χ2n) is 6.51. The minimum absolute atomic E-state index is 0. The molecular weight excluding hydrogens is 343 g/mol. The zero-order chi connectivity index (χ0) is 18.5. The van der Waals surface area contributed by atoms with E-state index >= 15 is 0 Å². The molecule has 11 heteroatoms. The van der Waals surface area contributed by atoms with Gasteiger partial charge in [0.15, 0.2) is 6.23 Å². The van der Waals surface area contributed by atoms with E-state index in [1.54, 1.807) is 0 Å². The molecule has 1 aromatic rings. The van der Waals surface area contributed by atoms with Gasteiger partial charge in [-0.15, -0.1) is 0 Å². The number of nitrogens with two attached hydrogens (primary N) is 1. The molecule has 0 aliphatic carbocycles. The molecule has 0 bridgehead atoms. The zero-order valence-electron chi connectivity index (χ0n) is 14.1. The Kier molecular flexibility index (Phi) is 10.3. The van der Waals surface area contributed by atoms with Gasteiger partial charge in [-0.2, -0.15) is 4.98 Å². The minimum atomic E-state index is -1.31. The third-order valence-electron chi connectivity index (χ3n) is 3.41. The van der Waals surface area contributed by atoms with Gasteiger partial charge in [0.2, 0.25) is 0 Å². The van der Waals surface area contributed by atoms with Gasteiger partial charge in [0, 0.05) is 6.20 Å². The Bertz CT molecular complexity index is 579. The van der Waals surface area contributed by atoms with Gasteiger partial charge in [-0.05, 0) is 6.07 Å². The van der Waals surface area contributed by atoms with Crippen molar-refractivity contribution in [1.29, 1.82) is 0 Å². The van der Waals surface area contributed by atoms with Gasteiger partial charge in [-0.3, -0.25) is 4.57 Å². The molecule has 1 aliphatic rings. The summed E-state index contributed by atoms with van der Waals surface area (Å²) >= 11 is 0. The molecule has 0 amide bonds. The summed E-state index contributed by atoms with van der Waals surface area (Å²) in [5.41, 5.74) is 4.63. The molecule has 6 N–H and O–H groups in total. The monoisotopic (exact) mass is 371 g/mol. The molecule has 25 heavy (non-hydrogen) atoms. The van der Waals surface area contributed by atoms with E-state index in [0.29, 0.717) is 0 Å². The molecule has 0 radical (unpaired) electrons. The maximum atomic E-state index is 11.5. The van der Waals surface area contributed by atoms with E-state index in [1.807, 2.05) is 0 Å². The van der Waals surface area contributed by atoms with E-state index in [1.165, 1.54) is 12.3 Å². The zero-order valence-corrected chi connectivity index (χ0v) is 14.1. The topological polar surface area (TPSA) is 151 Å². The van der Waals surface area contributed by atoms with Gasteiger partial charge >= 0.3 is 35.2 Å². The van der Waals surface area contributed by atoms with Crippen LogP contribution in [0.15, 0.2) is 17.1 Å². The van der Waals surface area contributed by atoms with Crippen LogP contribution in [0.25, 0.3) is 0 Å². The van der Waals surface area contributed by atoms with E-state index in [2.05, 4.69) is 26.1 Å². The Morgan fingerprint density at radius 3 is 2.24 bits per heavy atom. The summed E-state index contributed by atoms with van der Waals surface area (Å²) < 4.78 is 7.03. The predicted octanol–water partition coefficient (Wildman–Crippen LogP) is -3.53. The van der Waals surface area contributed by atoms with Crippen LogP contribution >= 0.6 is 0 Å². The maximum absolute atomic E-state index is 11.5. The Balaban J connectivity index is 0.000000620. The average Bonchev–Trinajstić information content (AvgIpc) is 2.74. The first kappa shape index (κ1) is 24.4. The number of hydrogen-bond acceptors (Lipinski definition) is 8. The van der Waals surface area contributed by atoms with Crippen LogP contribution in [0.3, 0.4) is 0 Å². The Morgan fingerprint density at radius 2 is 1.88 bits per heavy atom. The fraction of sp³-hybridized carbons (Fsp3) is 0.714. The number of anilines is 1. The van der Waals surface area contributed by atoms with Crippen molar-refractivity contribution in [2.75, 3.05) is 46.6 Å². The van der Waals surface area contributed by atoms with Crippen molar-refractivity contribution in [3.8, 4) is 0 Å². The average molecular weight is 371 g/mol. The fourth-order valence-corrected chi connectivity index (χ4v) is 2.03. The number of aliphatic hydroxyl groups is 4. The molecule has 1 aromatic heterocycles. The number of aromatic nitrogens is 2. The number of likely N-dealkylation sites (N-methyl/N-ethyl adjacent to an activating group) is 1. The third kappa shape index (κ3) is 7.29. The molecule has 0 aromatic carbocycles. The molecule has 10 nitrogen and oxygen atoms in total. The van der Waals surface area contributed by atoms with E-state index in [0.717, 1.165) is 15.6 Å². The van der Waals surface area contributed by atoms with Crippen molar-refractivity contribution in [2.24, 2.45) is 0 Å². The number of ether oxygens (including phenoxy) is 1. The summed E-state index contributed by atoms with van der Waals surface area (Å²) in [6, 6.07) is 1.37. The van der Waals surface area contributed by atoms with Gasteiger partial charge in [0.1, 0.15) is 30.7 Å². The van der Waals surface area contributed by atoms with Crippen LogP contribution in [-0.4, -0.2) is 123 Å². The fourth-order valence-electron chi connectivity index (χ4n) is 2.03. The number of nitrogens with zero attached hydrogens (tertiary/aromatic N) is 3. The van der Waals surface area contributed by atoms with Crippen molar-refractivity contribution in [1.82, 2.24) is 9.55 Å². The Morgan fingerprint density at radius 1 is 1.28 bits per heavy atom. The SMILES string of the molecule is C[N+](C)(C)CCO.Nc1ccn([C@@H]2O[C@H](CO)[C@@H](O)[C@H]2O)c(=O)n1.[NaH]. The van der Waals surface area contributed by atoms with Gasteiger partial charge in [-0.1, -0.05) is 0 Å². The Hall–Kier alpha value is -0.560. The van der Waals surface area contributed by atoms with E-state index in [4.69, 9.17) is 20.7 Å². The molecule has 2 heterocycles. The molecule has 1 aliphatic heterocycles. The molecule has 1 fully saturated rings. The van der Waals surface area contributed by atoms with Gasteiger partial charge in [0.05, 0.1) is 34.4 Å². The Labute approximate surface area is 168 Å². The van der Waals surface area contributed by atoms with Crippen molar-refractivity contribution < 1.29 is 29.6 Å². The van der Waals surface area contributed by atoms with Crippen molar-refractivity contribution in [3.63, 3.8) is 0 Å². The van der Waals surface area contributed by atoms with Gasteiger partial charge in [0.25, 0.3) is 0 Å². The summed E-state index contributed by atoms with van der Waals surface area (Å²) in [4.78, 5) is 15.0. The van der Waals surface area contributed by atoms with Crippen LogP contribution in [0.2, 0.25) is 0 Å². The molecule has 0 unspecified atom stereocenters. The summed E-state index contributed by atoms with van der Waals surface area (Å²) in [6.45, 7) is 0.662. The molecule has 4 atom stereocenters. The second-order valence-corrected chi connectivity index (χ2v) is 6.51. The van der Waals surface area contributed by atoms with E-state index in [-0.39, 0.29) is 42.0 Å². The van der Waals surface area contributed by atoms with Gasteiger partial charge < -0.3 is 35.4 Å². The molecule has 1 saturated heterocycles. The predicted molar refractivity (Wildman–Crippen MR) is 93.1 cm³/mol. The number of aliphatic hydroxyl groups excluding tert-OH is 4. The molecule has 140 valence electrons. The first-order chi connectivity index (χ1) is 11.1. The quantitative estimate of drug-likeness (QED) is 0.270. The number of rotatable bonds is 4. The summed E-state index contributed by atoms with van der Waals surface area (Å²) in [5.74, 6) is 0.0537. The molecule has 0 spiro atoms. The first-order valence-electron chi connectivity index (χ1n) is 7.49. The summed E-state index contributed by atoms with van der Waals surface area (Å²) in [6.07, 6.45) is -3.27. The summed E-state index contributed by atoms with van der Waals surface area (Å²) in [5, 5.41) is 36.5. The van der Waals surface area contributed by atoms with Crippen LogP contribution in [0.4, 0.5) is 5.82 Å². The normalized spacial score (nSPS) is 25.7. The van der Waals surface area contributed by atoms with Crippen LogP contribution < -0.4 is 11.4 Å². The number of hydrogen-bond donors (Lipinski definition) is 5. The standard InChI is InChI=1S/C9H13N3O5.C5H14NO.Na.H/c10-5-1-2-12(9(16)11-5)8-7(15)6(14)4(3-13)17-8;1-6(2,3)4-5-7;;/h1-2,4,6-8,13-15H,3H2,(H2,10,11,16);7H,4-5H2,1-3H3;;/q;+1;;/t4-,6-,7-,8-;;;/m1.../s1. The van der Waals surface area contributed by atoms with Crippen molar-refractivity contribution in [3.05, 3.63) is 22.7 Å². The van der Waals surface area contributed by atoms with Crippen LogP contribution in [0.1, 0.15) is 6.23 Å². The van der Waals surface area contributed by atoms with Crippen LogP contribution in [0.5, 0.6) is 0 Å². The van der Waals surface area contributed by atoms with Crippen molar-refractivity contribution >= 4 is 35.4 Å². The molecule has 2 rings (SSSR count). The third-order valence-corrected chi connectivity index (χ3v) is 3.41. The van der Waals surface area contributed by atoms with Crippen LogP contribution in [-0.2, 0) is 4.74 Å². The van der Waals surface area contributed by atoms with E-state index < -0.39 is 36.8 Å². The second kappa shape index (κ2) is 10.6.